The fourth-order valence-corrected chi connectivity index (χ4v) is 4.22. The number of phenolic OH excluding ortho intramolecular Hbond substituents is 1. The van der Waals surface area contributed by atoms with Crippen molar-refractivity contribution in [2.24, 2.45) is 0 Å². The summed E-state index contributed by atoms with van der Waals surface area (Å²) >= 11 is 0. The number of aromatic hydroxyl groups is 1. The maximum Gasteiger partial charge on any atom is 0.673 e. The summed E-state index contributed by atoms with van der Waals surface area (Å²) in [6.45, 7) is 4.74. The highest BCUT2D eigenvalue weighted by Crippen LogP contribution is 2.44. The van der Waals surface area contributed by atoms with Gasteiger partial charge in [0.1, 0.15) is 29.8 Å². The monoisotopic (exact) mass is 697 g/mol. The van der Waals surface area contributed by atoms with Gasteiger partial charge in [0.25, 0.3) is 0 Å². The van der Waals surface area contributed by atoms with E-state index in [1.807, 2.05) is 0 Å². The highest BCUT2D eigenvalue weighted by atomic mass is 19.5. The lowest BCUT2D eigenvalue weighted by atomic mass is 9.99. The lowest BCUT2D eigenvalue weighted by Crippen LogP contribution is -2.56. The third kappa shape index (κ3) is 11.4. The van der Waals surface area contributed by atoms with Gasteiger partial charge in [-0.05, 0) is 50.1 Å². The van der Waals surface area contributed by atoms with Crippen LogP contribution in [0, 0.1) is 16.7 Å². The van der Waals surface area contributed by atoms with E-state index in [1.54, 1.807) is 26.8 Å². The number of hydrogen-bond acceptors (Lipinski definition) is 11. The first-order valence-corrected chi connectivity index (χ1v) is 14.0. The molecule has 4 amide bonds. The Labute approximate surface area is 276 Å². The van der Waals surface area contributed by atoms with E-state index in [9.17, 15) is 57.3 Å². The van der Waals surface area contributed by atoms with E-state index in [-0.39, 0.29) is 34.1 Å². The molecule has 0 aliphatic carbocycles. The molecule has 0 aromatic heterocycles. The number of halogens is 4. The zero-order valence-electron chi connectivity index (χ0n) is 26.6. The van der Waals surface area contributed by atoms with Gasteiger partial charge in [-0.15, -0.1) is 0 Å². The second-order valence-electron chi connectivity index (χ2n) is 11.0. The molecule has 4 bridgehead atoms. The number of nitrogens with one attached hydrogen (secondary N) is 4. The summed E-state index contributed by atoms with van der Waals surface area (Å²) in [6.07, 6.45) is -3.46. The van der Waals surface area contributed by atoms with Gasteiger partial charge in [-0.3, -0.25) is 14.4 Å². The molecule has 0 spiro atoms. The Bertz CT molecular complexity index is 1650. The third-order valence-corrected chi connectivity index (χ3v) is 6.24. The lowest BCUT2D eigenvalue weighted by molar-refractivity contribution is -0.133. The number of alkyl carbamates (subject to hydrolysis) is 1. The fourth-order valence-electron chi connectivity index (χ4n) is 4.22. The molecule has 0 saturated heterocycles. The van der Waals surface area contributed by atoms with Gasteiger partial charge in [0.2, 0.25) is 34.6 Å². The van der Waals surface area contributed by atoms with Gasteiger partial charge in [0, 0.05) is 13.1 Å². The van der Waals surface area contributed by atoms with Crippen molar-refractivity contribution in [3.8, 4) is 29.1 Å². The van der Waals surface area contributed by atoms with E-state index < -0.39 is 73.1 Å². The Balaban J connectivity index is 0.00000155. The molecule has 2 heterocycles. The molecule has 0 fully saturated rings. The Kier molecular flexibility index (Phi) is 13.1. The number of hydrogen-bond donors (Lipinski definition) is 6. The van der Waals surface area contributed by atoms with Crippen LogP contribution < -0.4 is 30.7 Å². The number of nitriles is 1. The zero-order valence-corrected chi connectivity index (χ0v) is 26.6. The molecular weight excluding hydrogens is 665 g/mol. The van der Waals surface area contributed by atoms with Crippen molar-refractivity contribution in [2.45, 2.75) is 57.0 Å². The molecular formula is C28H32BF4N7O9. The van der Waals surface area contributed by atoms with Crippen molar-refractivity contribution >= 4 is 36.8 Å². The summed E-state index contributed by atoms with van der Waals surface area (Å²) < 4.78 is 55.3. The van der Waals surface area contributed by atoms with Crippen LogP contribution in [0.3, 0.4) is 0 Å². The van der Waals surface area contributed by atoms with E-state index >= 15 is 0 Å². The minimum absolute atomic E-state index is 0.0131. The molecule has 4 rings (SSSR count). The van der Waals surface area contributed by atoms with Crippen molar-refractivity contribution in [1.82, 2.24) is 21.3 Å². The van der Waals surface area contributed by atoms with Crippen LogP contribution in [0.5, 0.6) is 23.0 Å². The topological polar surface area (TPSA) is 236 Å². The summed E-state index contributed by atoms with van der Waals surface area (Å²) in [7, 11) is -3.46. The fraction of sp³-hybridized carbons (Fsp3) is 0.393. The standard InChI is InChI=1S/C28H31N7O9.BF4/c1-28(2,3)44-27(41)34-21-22(37)13-6-7-18(16(10-13)35-30)43-19-12-14(11-17(36)23(19)42-5)20(25(39)31-4)33-24(38)15(8-9-29)32-26(21)40;2-1(3,4)5/h6-7,10-12,15,20-22,37H,8H2,1-5H3,(H4-,31,32,33,34,36,38,39,40,41);/q;-1/p+1/t15-,20+,21+,22+;/m0./s1. The van der Waals surface area contributed by atoms with Gasteiger partial charge >= 0.3 is 19.0 Å². The number of benzene rings is 2. The minimum Gasteiger partial charge on any atom is -0.504 e. The van der Waals surface area contributed by atoms with Crippen molar-refractivity contribution in [3.05, 3.63) is 46.4 Å². The van der Waals surface area contributed by atoms with Gasteiger partial charge in [-0.1, -0.05) is 6.07 Å². The maximum absolute atomic E-state index is 13.5. The summed E-state index contributed by atoms with van der Waals surface area (Å²) in [4.78, 5) is 55.6. The normalized spacial score (nSPS) is 19.3. The second kappa shape index (κ2) is 16.3. The molecule has 6 N–H and O–H groups in total. The van der Waals surface area contributed by atoms with E-state index in [0.717, 1.165) is 12.1 Å². The molecule has 2 aliphatic rings. The van der Waals surface area contributed by atoms with Crippen LogP contribution >= 0.6 is 0 Å². The van der Waals surface area contributed by atoms with Crippen LogP contribution in [0.4, 0.5) is 27.7 Å². The predicted molar refractivity (Wildman–Crippen MR) is 161 cm³/mol. The van der Waals surface area contributed by atoms with Crippen molar-refractivity contribution < 1.29 is 60.9 Å². The number of aliphatic hydroxyl groups excluding tert-OH is 1. The van der Waals surface area contributed by atoms with Gasteiger partial charge < -0.3 is 63.0 Å². The molecule has 4 atom stereocenters. The van der Waals surface area contributed by atoms with E-state index in [4.69, 9.17) is 14.2 Å². The quantitative estimate of drug-likeness (QED) is 0.154. The van der Waals surface area contributed by atoms with Crippen molar-refractivity contribution in [3.63, 3.8) is 0 Å². The van der Waals surface area contributed by atoms with Gasteiger partial charge in [0.15, 0.2) is 16.5 Å². The molecule has 2 aliphatic heterocycles. The second-order valence-corrected chi connectivity index (χ2v) is 11.0. The number of nitrogens with zero attached hydrogens (tertiary/aromatic N) is 3. The van der Waals surface area contributed by atoms with Crippen LogP contribution in [-0.4, -0.2) is 73.1 Å². The molecule has 264 valence electrons. The highest BCUT2D eigenvalue weighted by molar-refractivity contribution is 6.50. The number of likely N-dealkylation sites (N-methyl/N-ethyl adjacent to an activating group) is 1. The largest absolute Gasteiger partial charge is 0.673 e. The van der Waals surface area contributed by atoms with Gasteiger partial charge in [-0.25, -0.2) is 4.79 Å². The average molecular weight is 697 g/mol. The molecule has 21 heteroatoms. The molecule has 0 radical (unpaired) electrons. The van der Waals surface area contributed by atoms with Crippen LogP contribution in [0.15, 0.2) is 30.3 Å². The maximum atomic E-state index is 13.5. The molecule has 0 saturated carbocycles. The van der Waals surface area contributed by atoms with Crippen LogP contribution in [0.1, 0.15) is 50.5 Å². The van der Waals surface area contributed by atoms with Gasteiger partial charge in [-0.2, -0.15) is 5.26 Å². The number of phenols is 1. The summed E-state index contributed by atoms with van der Waals surface area (Å²) in [5.41, 5.74) is -1.23. The first-order chi connectivity index (χ1) is 22.7. The first-order valence-electron chi connectivity index (χ1n) is 14.0. The Morgan fingerprint density at radius 3 is 2.24 bits per heavy atom. The highest BCUT2D eigenvalue weighted by Gasteiger charge is 2.37. The molecule has 2 aromatic rings. The zero-order chi connectivity index (χ0) is 37.3. The molecule has 0 unspecified atom stereocenters. The van der Waals surface area contributed by atoms with Crippen LogP contribution in [0.25, 0.3) is 4.98 Å². The number of aliphatic hydroxyl groups is 1. The summed E-state index contributed by atoms with van der Waals surface area (Å²) in [5.74, 6) is -3.71. The number of amides is 4. The van der Waals surface area contributed by atoms with E-state index in [2.05, 4.69) is 26.2 Å². The number of diazo groups is 1. The SMILES string of the molecule is CNC(=O)[C@@H]1NC(=O)[C@H](CC#N)NC(=O)[C@H](NC(=O)OC(C)(C)C)[C@H](O)c2ccc(c([N+]#N)c2)Oc2cc1cc(O)c2OC.F[B-](F)(F)F. The number of ether oxygens (including phenoxy) is 3. The number of carbonyl (C=O) groups excluding carboxylic acids is 4. The van der Waals surface area contributed by atoms with Crippen LogP contribution in [-0.2, 0) is 19.1 Å². The average Bonchev–Trinajstić information content (AvgIpc) is 2.99. The summed E-state index contributed by atoms with van der Waals surface area (Å²) in [6, 6.07) is 3.10. The predicted octanol–water partition coefficient (Wildman–Crippen LogP) is 3.22. The molecule has 2 aromatic carbocycles. The number of methoxy groups -OCH3 is 1. The van der Waals surface area contributed by atoms with Crippen LogP contribution in [0.2, 0.25) is 0 Å². The van der Waals surface area contributed by atoms with Crippen molar-refractivity contribution in [2.75, 3.05) is 14.2 Å². The Morgan fingerprint density at radius 1 is 1.08 bits per heavy atom. The third-order valence-electron chi connectivity index (χ3n) is 6.24. The van der Waals surface area contributed by atoms with Crippen molar-refractivity contribution in [1.29, 1.82) is 10.7 Å². The smallest absolute Gasteiger partial charge is 0.504 e. The molecule has 16 nitrogen and oxygen atoms in total. The lowest BCUT2D eigenvalue weighted by Gasteiger charge is -2.28. The number of fused-ring (bicyclic) bond motifs is 9. The number of rotatable bonds is 4. The first kappa shape index (κ1) is 39.4. The minimum atomic E-state index is -6.00. The van der Waals surface area contributed by atoms with E-state index in [1.165, 1.54) is 32.4 Å². The van der Waals surface area contributed by atoms with E-state index in [0.29, 0.717) is 0 Å². The Hall–Kier alpha value is -5.83. The number of carbonyl (C=O) groups is 4. The summed E-state index contributed by atoms with van der Waals surface area (Å²) in [5, 5.41) is 50.5. The Morgan fingerprint density at radius 2 is 1.71 bits per heavy atom. The molecule has 49 heavy (non-hydrogen) atoms. The van der Waals surface area contributed by atoms with Gasteiger partial charge in [0.05, 0.1) is 19.6 Å².